The third-order valence-corrected chi connectivity index (χ3v) is 5.77. The van der Waals surface area contributed by atoms with E-state index in [4.69, 9.17) is 4.74 Å². The minimum absolute atomic E-state index is 0.0293. The Labute approximate surface area is 157 Å². The Hall–Kier alpha value is -2.15. The van der Waals surface area contributed by atoms with Gasteiger partial charge in [0.25, 0.3) is 0 Å². The van der Waals surface area contributed by atoms with Crippen LogP contribution in [0.15, 0.2) is 23.7 Å². The van der Waals surface area contributed by atoms with E-state index in [0.717, 1.165) is 48.3 Å². The van der Waals surface area contributed by atoms with Gasteiger partial charge in [-0.05, 0) is 31.9 Å². The lowest BCUT2D eigenvalue weighted by atomic mass is 10.3. The molecule has 0 N–H and O–H groups in total. The molecule has 0 radical (unpaired) electrons. The number of carbonyl (C=O) groups excluding carboxylic acids is 1. The summed E-state index contributed by atoms with van der Waals surface area (Å²) in [5, 5.41) is 2.97. The molecule has 4 rings (SSSR count). The summed E-state index contributed by atoms with van der Waals surface area (Å²) in [6.07, 6.45) is 5.50. The summed E-state index contributed by atoms with van der Waals surface area (Å²) < 4.78 is 6.24. The number of anilines is 1. The quantitative estimate of drug-likeness (QED) is 0.808. The van der Waals surface area contributed by atoms with Gasteiger partial charge in [-0.15, -0.1) is 11.3 Å². The van der Waals surface area contributed by atoms with E-state index in [2.05, 4.69) is 14.9 Å². The molecule has 0 aromatic carbocycles. The summed E-state index contributed by atoms with van der Waals surface area (Å²) in [5.74, 6) is 1.91. The van der Waals surface area contributed by atoms with Crippen molar-refractivity contribution in [2.75, 3.05) is 31.1 Å². The molecule has 138 valence electrons. The maximum absolute atomic E-state index is 12.5. The van der Waals surface area contributed by atoms with Crippen molar-refractivity contribution in [3.05, 3.63) is 34.4 Å². The molecule has 2 aromatic heterocycles. The number of thiazole rings is 1. The SMILES string of the molecule is Cc1nc(CC(=O)N2CC[C@@H](Oc3cccnc3N3CCCC3)C2)cs1. The first-order valence-electron chi connectivity index (χ1n) is 9.24. The van der Waals surface area contributed by atoms with E-state index >= 15 is 0 Å². The summed E-state index contributed by atoms with van der Waals surface area (Å²) >= 11 is 1.59. The van der Waals surface area contributed by atoms with E-state index in [0.29, 0.717) is 13.0 Å². The monoisotopic (exact) mass is 372 g/mol. The van der Waals surface area contributed by atoms with Gasteiger partial charge >= 0.3 is 0 Å². The van der Waals surface area contributed by atoms with Crippen molar-refractivity contribution in [2.45, 2.75) is 38.7 Å². The Bertz CT molecular complexity index is 772. The van der Waals surface area contributed by atoms with E-state index in [9.17, 15) is 4.79 Å². The predicted molar refractivity (Wildman–Crippen MR) is 102 cm³/mol. The first-order chi connectivity index (χ1) is 12.7. The molecule has 0 saturated carbocycles. The molecular weight excluding hydrogens is 348 g/mol. The van der Waals surface area contributed by atoms with E-state index in [1.807, 2.05) is 35.5 Å². The van der Waals surface area contributed by atoms with Gasteiger partial charge in [0.15, 0.2) is 11.6 Å². The molecule has 4 heterocycles. The van der Waals surface area contributed by atoms with Crippen molar-refractivity contribution in [3.63, 3.8) is 0 Å². The van der Waals surface area contributed by atoms with Gasteiger partial charge in [-0.3, -0.25) is 4.79 Å². The molecule has 1 atom stereocenters. The third-order valence-electron chi connectivity index (χ3n) is 4.95. The minimum atomic E-state index is 0.0293. The normalized spacial score (nSPS) is 20.0. The van der Waals surface area contributed by atoms with E-state index in [-0.39, 0.29) is 12.0 Å². The second-order valence-electron chi connectivity index (χ2n) is 6.92. The zero-order chi connectivity index (χ0) is 17.9. The lowest BCUT2D eigenvalue weighted by Gasteiger charge is -2.22. The highest BCUT2D eigenvalue weighted by Crippen LogP contribution is 2.30. The predicted octanol–water partition coefficient (Wildman–Crippen LogP) is 2.67. The molecule has 1 amide bonds. The Morgan fingerprint density at radius 1 is 1.35 bits per heavy atom. The molecule has 2 fully saturated rings. The summed E-state index contributed by atoms with van der Waals surface area (Å²) in [4.78, 5) is 25.6. The molecule has 7 heteroatoms. The summed E-state index contributed by atoms with van der Waals surface area (Å²) in [6, 6.07) is 3.90. The number of pyridine rings is 1. The van der Waals surface area contributed by atoms with Gasteiger partial charge in [0.1, 0.15) is 6.10 Å². The molecule has 2 aliphatic heterocycles. The van der Waals surface area contributed by atoms with Crippen LogP contribution in [0.25, 0.3) is 0 Å². The van der Waals surface area contributed by atoms with E-state index < -0.39 is 0 Å². The van der Waals surface area contributed by atoms with Crippen molar-refractivity contribution in [1.82, 2.24) is 14.9 Å². The lowest BCUT2D eigenvalue weighted by Crippen LogP contribution is -2.32. The fourth-order valence-electron chi connectivity index (χ4n) is 3.63. The zero-order valence-electron chi connectivity index (χ0n) is 15.1. The number of ether oxygens (including phenoxy) is 1. The van der Waals surface area contributed by atoms with Gasteiger partial charge in [0, 0.05) is 37.6 Å². The van der Waals surface area contributed by atoms with Crippen molar-refractivity contribution >= 4 is 23.1 Å². The van der Waals surface area contributed by atoms with Crippen LogP contribution >= 0.6 is 11.3 Å². The van der Waals surface area contributed by atoms with Crippen LogP contribution in [-0.2, 0) is 11.2 Å². The number of nitrogens with zero attached hydrogens (tertiary/aromatic N) is 4. The first-order valence-corrected chi connectivity index (χ1v) is 10.1. The van der Waals surface area contributed by atoms with Crippen LogP contribution in [0.4, 0.5) is 5.82 Å². The molecule has 2 aliphatic rings. The molecule has 6 nitrogen and oxygen atoms in total. The van der Waals surface area contributed by atoms with Crippen molar-refractivity contribution in [3.8, 4) is 5.75 Å². The number of hydrogen-bond acceptors (Lipinski definition) is 6. The molecule has 2 aromatic rings. The summed E-state index contributed by atoms with van der Waals surface area (Å²) in [5.41, 5.74) is 0.866. The van der Waals surface area contributed by atoms with Crippen LogP contribution in [0.5, 0.6) is 5.75 Å². The van der Waals surface area contributed by atoms with Crippen LogP contribution in [0.2, 0.25) is 0 Å². The van der Waals surface area contributed by atoms with Gasteiger partial charge in [-0.2, -0.15) is 0 Å². The smallest absolute Gasteiger partial charge is 0.228 e. The topological polar surface area (TPSA) is 58.6 Å². The molecule has 0 unspecified atom stereocenters. The fraction of sp³-hybridized carbons (Fsp3) is 0.526. The van der Waals surface area contributed by atoms with Gasteiger partial charge in [-0.25, -0.2) is 9.97 Å². The molecule has 0 bridgehead atoms. The largest absolute Gasteiger partial charge is 0.485 e. The van der Waals surface area contributed by atoms with Crippen LogP contribution < -0.4 is 9.64 Å². The highest BCUT2D eigenvalue weighted by molar-refractivity contribution is 7.09. The Morgan fingerprint density at radius 2 is 2.19 bits per heavy atom. The second kappa shape index (κ2) is 7.61. The first kappa shape index (κ1) is 17.3. The molecule has 26 heavy (non-hydrogen) atoms. The summed E-state index contributed by atoms with van der Waals surface area (Å²) in [6.45, 7) is 5.41. The van der Waals surface area contributed by atoms with Crippen molar-refractivity contribution in [2.24, 2.45) is 0 Å². The molecule has 0 aliphatic carbocycles. The van der Waals surface area contributed by atoms with E-state index in [1.165, 1.54) is 12.8 Å². The second-order valence-corrected chi connectivity index (χ2v) is 7.98. The van der Waals surface area contributed by atoms with Gasteiger partial charge < -0.3 is 14.5 Å². The van der Waals surface area contributed by atoms with Gasteiger partial charge in [0.05, 0.1) is 23.7 Å². The number of carbonyl (C=O) groups is 1. The maximum atomic E-state index is 12.5. The number of hydrogen-bond donors (Lipinski definition) is 0. The average molecular weight is 372 g/mol. The Balaban J connectivity index is 1.36. The van der Waals surface area contributed by atoms with Crippen molar-refractivity contribution < 1.29 is 9.53 Å². The number of aryl methyl sites for hydroxylation is 1. The molecule has 2 saturated heterocycles. The van der Waals surface area contributed by atoms with Crippen molar-refractivity contribution in [1.29, 1.82) is 0 Å². The number of amides is 1. The lowest BCUT2D eigenvalue weighted by molar-refractivity contribution is -0.129. The highest BCUT2D eigenvalue weighted by Gasteiger charge is 2.29. The number of rotatable bonds is 5. The zero-order valence-corrected chi connectivity index (χ0v) is 15.9. The highest BCUT2D eigenvalue weighted by atomic mass is 32.1. The maximum Gasteiger partial charge on any atom is 0.228 e. The molecule has 0 spiro atoms. The van der Waals surface area contributed by atoms with Crippen LogP contribution in [0.1, 0.15) is 30.0 Å². The van der Waals surface area contributed by atoms with Crippen LogP contribution in [0, 0.1) is 6.92 Å². The number of likely N-dealkylation sites (tertiary alicyclic amines) is 1. The van der Waals surface area contributed by atoms with Gasteiger partial charge in [-0.1, -0.05) is 0 Å². The standard InChI is InChI=1S/C19H24N4O2S/c1-14-21-15(13-26-14)11-18(24)23-10-6-16(12-23)25-17-5-4-7-20-19(17)22-8-2-3-9-22/h4-5,7,13,16H,2-3,6,8-12H2,1H3/t16-/m1/s1. The van der Waals surface area contributed by atoms with Gasteiger partial charge in [0.2, 0.25) is 5.91 Å². The average Bonchev–Trinajstić information content (AvgIpc) is 3.38. The fourth-order valence-corrected chi connectivity index (χ4v) is 4.24. The van der Waals surface area contributed by atoms with E-state index in [1.54, 1.807) is 11.3 Å². The van der Waals surface area contributed by atoms with Crippen LogP contribution in [0.3, 0.4) is 0 Å². The third kappa shape index (κ3) is 3.82. The van der Waals surface area contributed by atoms with Crippen LogP contribution in [-0.4, -0.2) is 53.1 Å². The Morgan fingerprint density at radius 3 is 2.96 bits per heavy atom. The Kier molecular flexibility index (Phi) is 5.06. The number of aromatic nitrogens is 2. The molecular formula is C19H24N4O2S. The summed E-state index contributed by atoms with van der Waals surface area (Å²) in [7, 11) is 0. The minimum Gasteiger partial charge on any atom is -0.485 e.